The van der Waals surface area contributed by atoms with E-state index < -0.39 is 34.1 Å². The molecule has 3 aromatic rings. The highest BCUT2D eigenvalue weighted by molar-refractivity contribution is 5.59. The first-order valence-corrected chi connectivity index (χ1v) is 9.06. The molecule has 0 nitrogen and oxygen atoms in total. The summed E-state index contributed by atoms with van der Waals surface area (Å²) in [6, 6.07) is 17.2. The third-order valence-electron chi connectivity index (χ3n) is 5.54. The van der Waals surface area contributed by atoms with Gasteiger partial charge in [0, 0.05) is 5.41 Å². The SMILES string of the molecule is [CH2]C1(c2ccc(F)cc2)C=CC(F)=CC1(c1ccc(F)cc1)c1ccc(F)cc1. The molecule has 0 aromatic heterocycles. The van der Waals surface area contributed by atoms with Gasteiger partial charge in [0.05, 0.1) is 5.41 Å². The lowest BCUT2D eigenvalue weighted by Crippen LogP contribution is -2.47. The fraction of sp³-hybridized carbons (Fsp3) is 0.0800. The minimum Gasteiger partial charge on any atom is -0.207 e. The van der Waals surface area contributed by atoms with Crippen molar-refractivity contribution in [2.45, 2.75) is 10.8 Å². The van der Waals surface area contributed by atoms with E-state index in [-0.39, 0.29) is 0 Å². The van der Waals surface area contributed by atoms with Crippen LogP contribution in [-0.2, 0) is 10.8 Å². The second-order valence-electron chi connectivity index (χ2n) is 7.16. The molecule has 4 rings (SSSR count). The van der Waals surface area contributed by atoms with Crippen molar-refractivity contribution in [3.05, 3.63) is 138 Å². The largest absolute Gasteiger partial charge is 0.207 e. The molecule has 3 aromatic carbocycles. The third-order valence-corrected chi connectivity index (χ3v) is 5.54. The maximum absolute atomic E-state index is 14.7. The Hall–Kier alpha value is -3.14. The summed E-state index contributed by atoms with van der Waals surface area (Å²) in [6.07, 6.45) is 4.33. The average molecular weight is 393 g/mol. The molecule has 0 saturated heterocycles. The van der Waals surface area contributed by atoms with E-state index in [1.165, 1.54) is 48.6 Å². The Kier molecular flexibility index (Phi) is 4.65. The average Bonchev–Trinajstić information content (AvgIpc) is 2.71. The van der Waals surface area contributed by atoms with Crippen LogP contribution in [0.2, 0.25) is 0 Å². The van der Waals surface area contributed by atoms with E-state index in [4.69, 9.17) is 0 Å². The van der Waals surface area contributed by atoms with Gasteiger partial charge in [-0.05, 0) is 72.2 Å². The van der Waals surface area contributed by atoms with E-state index in [0.717, 1.165) is 0 Å². The van der Waals surface area contributed by atoms with Crippen LogP contribution in [0.15, 0.2) is 96.9 Å². The molecule has 4 heteroatoms. The first-order chi connectivity index (χ1) is 13.8. The maximum Gasteiger partial charge on any atom is 0.123 e. The zero-order chi connectivity index (χ0) is 20.6. The summed E-state index contributed by atoms with van der Waals surface area (Å²) in [6.45, 7) is 4.41. The quantitative estimate of drug-likeness (QED) is 0.441. The molecule has 0 fully saturated rings. The van der Waals surface area contributed by atoms with Crippen LogP contribution in [0.4, 0.5) is 17.6 Å². The van der Waals surface area contributed by atoms with Crippen LogP contribution in [0, 0.1) is 24.4 Å². The van der Waals surface area contributed by atoms with Crippen LogP contribution in [0.5, 0.6) is 0 Å². The smallest absolute Gasteiger partial charge is 0.123 e. The topological polar surface area (TPSA) is 0 Å². The maximum atomic E-state index is 14.7. The van der Waals surface area contributed by atoms with E-state index >= 15 is 0 Å². The number of benzene rings is 3. The van der Waals surface area contributed by atoms with Gasteiger partial charge in [-0.15, -0.1) is 0 Å². The molecule has 0 heterocycles. The molecule has 0 N–H and O–H groups in total. The molecule has 0 bridgehead atoms. The normalized spacial score (nSPS) is 20.4. The summed E-state index contributed by atoms with van der Waals surface area (Å²) in [7, 11) is 0. The molecular weight excluding hydrogens is 376 g/mol. The number of allylic oxidation sites excluding steroid dienone is 4. The number of hydrogen-bond donors (Lipinski definition) is 0. The molecule has 145 valence electrons. The predicted octanol–water partition coefficient (Wildman–Crippen LogP) is 6.59. The number of hydrogen-bond acceptors (Lipinski definition) is 0. The van der Waals surface area contributed by atoms with E-state index in [1.807, 2.05) is 0 Å². The zero-order valence-corrected chi connectivity index (χ0v) is 15.4. The molecule has 1 atom stereocenters. The Morgan fingerprint density at radius 2 is 0.931 bits per heavy atom. The minimum atomic E-state index is -1.22. The zero-order valence-electron chi connectivity index (χ0n) is 15.4. The molecule has 0 amide bonds. The highest BCUT2D eigenvalue weighted by Crippen LogP contribution is 2.53. The van der Waals surface area contributed by atoms with Crippen LogP contribution in [0.1, 0.15) is 16.7 Å². The van der Waals surface area contributed by atoms with Gasteiger partial charge in [-0.25, -0.2) is 17.6 Å². The fourth-order valence-electron chi connectivity index (χ4n) is 4.08. The monoisotopic (exact) mass is 393 g/mol. The highest BCUT2D eigenvalue weighted by Gasteiger charge is 2.50. The van der Waals surface area contributed by atoms with Crippen molar-refractivity contribution >= 4 is 0 Å². The van der Waals surface area contributed by atoms with Crippen molar-refractivity contribution in [2.75, 3.05) is 0 Å². The van der Waals surface area contributed by atoms with Gasteiger partial charge in [0.15, 0.2) is 0 Å². The van der Waals surface area contributed by atoms with E-state index in [0.29, 0.717) is 16.7 Å². The van der Waals surface area contributed by atoms with E-state index in [9.17, 15) is 17.6 Å². The van der Waals surface area contributed by atoms with E-state index in [1.54, 1.807) is 42.5 Å². The Morgan fingerprint density at radius 3 is 1.34 bits per heavy atom. The Bertz CT molecular complexity index is 1030. The lowest BCUT2D eigenvalue weighted by molar-refractivity contribution is 0.435. The standard InChI is InChI=1S/C25H17F4/c1-24(17-2-8-20(26)9-3-17)15-14-23(29)16-25(24,18-4-10-21(27)11-5-18)19-6-12-22(28)13-7-19/h2-16H,1H2. The first kappa shape index (κ1) is 19.2. The summed E-state index contributed by atoms with van der Waals surface area (Å²) in [5, 5.41) is 0. The Balaban J connectivity index is 2.07. The van der Waals surface area contributed by atoms with Crippen LogP contribution in [0.25, 0.3) is 0 Å². The molecule has 29 heavy (non-hydrogen) atoms. The third kappa shape index (κ3) is 3.09. The van der Waals surface area contributed by atoms with Gasteiger partial charge >= 0.3 is 0 Å². The van der Waals surface area contributed by atoms with Gasteiger partial charge in [-0.1, -0.05) is 42.5 Å². The van der Waals surface area contributed by atoms with Crippen LogP contribution in [-0.4, -0.2) is 0 Å². The Morgan fingerprint density at radius 1 is 0.552 bits per heavy atom. The summed E-state index contributed by atoms with van der Waals surface area (Å²) >= 11 is 0. The summed E-state index contributed by atoms with van der Waals surface area (Å²) in [5.74, 6) is -1.78. The summed E-state index contributed by atoms with van der Waals surface area (Å²) in [5.41, 5.74) is -0.544. The summed E-state index contributed by atoms with van der Waals surface area (Å²) in [4.78, 5) is 0. The van der Waals surface area contributed by atoms with Crippen LogP contribution in [0.3, 0.4) is 0 Å². The van der Waals surface area contributed by atoms with E-state index in [2.05, 4.69) is 6.92 Å². The highest BCUT2D eigenvalue weighted by atomic mass is 19.1. The molecule has 1 aliphatic carbocycles. The van der Waals surface area contributed by atoms with Crippen molar-refractivity contribution in [1.29, 1.82) is 0 Å². The molecule has 0 spiro atoms. The van der Waals surface area contributed by atoms with Gasteiger partial charge in [-0.2, -0.15) is 0 Å². The minimum absolute atomic E-state index is 0.409. The first-order valence-electron chi connectivity index (χ1n) is 9.06. The molecule has 0 saturated carbocycles. The summed E-state index contributed by atoms with van der Waals surface area (Å²) < 4.78 is 55.6. The van der Waals surface area contributed by atoms with Crippen LogP contribution < -0.4 is 0 Å². The number of halogens is 4. The molecular formula is C25H17F4. The van der Waals surface area contributed by atoms with Crippen molar-refractivity contribution in [2.24, 2.45) is 0 Å². The molecule has 0 aliphatic heterocycles. The lowest BCUT2D eigenvalue weighted by Gasteiger charge is -2.48. The van der Waals surface area contributed by atoms with Crippen molar-refractivity contribution < 1.29 is 17.6 Å². The predicted molar refractivity (Wildman–Crippen MR) is 105 cm³/mol. The number of rotatable bonds is 3. The molecule has 1 radical (unpaired) electrons. The second-order valence-corrected chi connectivity index (χ2v) is 7.16. The van der Waals surface area contributed by atoms with Gasteiger partial charge < -0.3 is 0 Å². The van der Waals surface area contributed by atoms with Gasteiger partial charge in [0.1, 0.15) is 23.3 Å². The van der Waals surface area contributed by atoms with Crippen LogP contribution >= 0.6 is 0 Å². The van der Waals surface area contributed by atoms with Crippen molar-refractivity contribution in [1.82, 2.24) is 0 Å². The molecule has 1 unspecified atom stereocenters. The van der Waals surface area contributed by atoms with Gasteiger partial charge in [0.2, 0.25) is 0 Å². The van der Waals surface area contributed by atoms with Gasteiger partial charge in [0.25, 0.3) is 0 Å². The molecule has 1 aliphatic rings. The van der Waals surface area contributed by atoms with Gasteiger partial charge in [-0.3, -0.25) is 0 Å². The second kappa shape index (κ2) is 7.03. The van der Waals surface area contributed by atoms with Crippen molar-refractivity contribution in [3.63, 3.8) is 0 Å². The lowest BCUT2D eigenvalue weighted by atomic mass is 9.53. The Labute approximate surface area is 166 Å². The fourth-order valence-corrected chi connectivity index (χ4v) is 4.08. The van der Waals surface area contributed by atoms with Crippen molar-refractivity contribution in [3.8, 4) is 0 Å².